The van der Waals surface area contributed by atoms with Crippen molar-refractivity contribution in [1.29, 1.82) is 0 Å². The van der Waals surface area contributed by atoms with E-state index in [0.29, 0.717) is 13.0 Å². The van der Waals surface area contributed by atoms with Crippen molar-refractivity contribution in [2.45, 2.75) is 45.6 Å². The Hall–Kier alpha value is -1.56. The molecule has 0 saturated heterocycles. The van der Waals surface area contributed by atoms with Gasteiger partial charge in [-0.15, -0.1) is 11.3 Å². The van der Waals surface area contributed by atoms with Crippen LogP contribution >= 0.6 is 11.3 Å². The zero-order chi connectivity index (χ0) is 16.0. The van der Waals surface area contributed by atoms with E-state index in [4.69, 9.17) is 5.11 Å². The highest BCUT2D eigenvalue weighted by Crippen LogP contribution is 2.26. The van der Waals surface area contributed by atoms with Gasteiger partial charge in [0.2, 0.25) is 0 Å². The Morgan fingerprint density at radius 1 is 1.38 bits per heavy atom. The average Bonchev–Trinajstić information content (AvgIpc) is 2.89. The number of rotatable bonds is 7. The maximum absolute atomic E-state index is 11.9. The van der Waals surface area contributed by atoms with E-state index in [1.165, 1.54) is 4.88 Å². The third kappa shape index (κ3) is 5.75. The Morgan fingerprint density at radius 3 is 2.52 bits per heavy atom. The summed E-state index contributed by atoms with van der Waals surface area (Å²) in [5, 5.41) is 16.4. The van der Waals surface area contributed by atoms with E-state index in [0.717, 1.165) is 0 Å². The summed E-state index contributed by atoms with van der Waals surface area (Å²) in [5.41, 5.74) is -0.178. The summed E-state index contributed by atoms with van der Waals surface area (Å²) < 4.78 is 0. The molecule has 0 aromatic carbocycles. The molecule has 1 unspecified atom stereocenters. The van der Waals surface area contributed by atoms with Gasteiger partial charge in [0.25, 0.3) is 0 Å². The van der Waals surface area contributed by atoms with Gasteiger partial charge in [-0.3, -0.25) is 0 Å². The zero-order valence-corrected chi connectivity index (χ0v) is 13.8. The number of hydrogen-bond acceptors (Lipinski definition) is 3. The molecule has 0 spiro atoms. The lowest BCUT2D eigenvalue weighted by Crippen LogP contribution is -2.49. The number of hydrogen-bond donors (Lipinski definition) is 3. The van der Waals surface area contributed by atoms with E-state index in [9.17, 15) is 9.59 Å². The first kappa shape index (κ1) is 17.5. The van der Waals surface area contributed by atoms with Crippen LogP contribution in [0.25, 0.3) is 0 Å². The summed E-state index contributed by atoms with van der Waals surface area (Å²) in [6, 6.07) is 2.72. The molecule has 0 aliphatic heterocycles. The first-order valence-corrected chi connectivity index (χ1v) is 7.91. The number of amides is 2. The van der Waals surface area contributed by atoms with E-state index in [-0.39, 0.29) is 11.3 Å². The largest absolute Gasteiger partial charge is 0.480 e. The van der Waals surface area contributed by atoms with Gasteiger partial charge >= 0.3 is 12.0 Å². The lowest BCUT2D eigenvalue weighted by atomic mass is 9.91. The summed E-state index contributed by atoms with van der Waals surface area (Å²) in [6.07, 6.45) is 0.414. The predicted molar refractivity (Wildman–Crippen MR) is 84.8 cm³/mol. The number of aliphatic carboxylic acids is 1. The minimum atomic E-state index is -1.00. The molecule has 5 nitrogen and oxygen atoms in total. The quantitative estimate of drug-likeness (QED) is 0.724. The van der Waals surface area contributed by atoms with Crippen molar-refractivity contribution in [2.24, 2.45) is 5.92 Å². The number of carbonyl (C=O) groups is 2. The van der Waals surface area contributed by atoms with Crippen molar-refractivity contribution in [2.75, 3.05) is 6.54 Å². The molecule has 0 bridgehead atoms. The fourth-order valence-corrected chi connectivity index (χ4v) is 2.81. The number of carboxylic acids is 1. The summed E-state index contributed by atoms with van der Waals surface area (Å²) in [6.45, 7) is 8.39. The van der Waals surface area contributed by atoms with Crippen LogP contribution in [0.15, 0.2) is 17.5 Å². The minimum absolute atomic E-state index is 0.178. The predicted octanol–water partition coefficient (Wildman–Crippen LogP) is 2.82. The number of nitrogens with one attached hydrogen (secondary N) is 2. The van der Waals surface area contributed by atoms with E-state index < -0.39 is 18.0 Å². The summed E-state index contributed by atoms with van der Waals surface area (Å²) in [5.74, 6) is -0.801. The van der Waals surface area contributed by atoms with Crippen molar-refractivity contribution in [3.8, 4) is 0 Å². The van der Waals surface area contributed by atoms with Crippen molar-refractivity contribution >= 4 is 23.3 Å². The highest BCUT2D eigenvalue weighted by Gasteiger charge is 2.24. The second-order valence-electron chi connectivity index (χ2n) is 6.21. The third-order valence-corrected chi connectivity index (χ3v) is 4.43. The maximum atomic E-state index is 11.9. The monoisotopic (exact) mass is 312 g/mol. The first-order chi connectivity index (χ1) is 9.72. The van der Waals surface area contributed by atoms with Crippen molar-refractivity contribution < 1.29 is 14.7 Å². The van der Waals surface area contributed by atoms with Crippen LogP contribution in [0.3, 0.4) is 0 Å². The zero-order valence-electron chi connectivity index (χ0n) is 13.0. The smallest absolute Gasteiger partial charge is 0.326 e. The molecule has 1 heterocycles. The third-order valence-electron chi connectivity index (χ3n) is 3.19. The van der Waals surface area contributed by atoms with Crippen LogP contribution in [-0.2, 0) is 10.2 Å². The van der Waals surface area contributed by atoms with E-state index >= 15 is 0 Å². The molecule has 1 rings (SSSR count). The van der Waals surface area contributed by atoms with Crippen LogP contribution in [-0.4, -0.2) is 29.7 Å². The van der Waals surface area contributed by atoms with Crippen LogP contribution in [0, 0.1) is 5.92 Å². The van der Waals surface area contributed by atoms with Crippen molar-refractivity contribution in [3.63, 3.8) is 0 Å². The van der Waals surface area contributed by atoms with E-state index in [1.807, 2.05) is 45.2 Å². The van der Waals surface area contributed by atoms with E-state index in [1.54, 1.807) is 11.3 Å². The van der Waals surface area contributed by atoms with Gasteiger partial charge in [-0.1, -0.05) is 33.8 Å². The fourth-order valence-electron chi connectivity index (χ4n) is 1.95. The minimum Gasteiger partial charge on any atom is -0.480 e. The van der Waals surface area contributed by atoms with Gasteiger partial charge in [0.05, 0.1) is 0 Å². The second-order valence-corrected chi connectivity index (χ2v) is 7.16. The molecule has 0 aliphatic rings. The molecule has 21 heavy (non-hydrogen) atoms. The Labute approximate surface area is 129 Å². The molecule has 1 atom stereocenters. The van der Waals surface area contributed by atoms with Crippen LogP contribution < -0.4 is 10.6 Å². The van der Waals surface area contributed by atoms with Crippen molar-refractivity contribution in [1.82, 2.24) is 10.6 Å². The molecule has 0 saturated carbocycles. The number of urea groups is 1. The molecule has 0 radical (unpaired) electrons. The average molecular weight is 312 g/mol. The van der Waals surface area contributed by atoms with Gasteiger partial charge in [-0.05, 0) is 23.8 Å². The fraction of sp³-hybridized carbons (Fsp3) is 0.600. The summed E-state index contributed by atoms with van der Waals surface area (Å²) in [7, 11) is 0. The molecule has 0 fully saturated rings. The highest BCUT2D eigenvalue weighted by atomic mass is 32.1. The second kappa shape index (κ2) is 7.45. The standard InChI is InChI=1S/C15H24N2O3S/c1-10(2)8-11(13(18)19)17-14(20)16-9-15(3,4)12-6-5-7-21-12/h5-7,10-11H,8-9H2,1-4H3,(H,18,19)(H2,16,17,20). The lowest BCUT2D eigenvalue weighted by molar-refractivity contribution is -0.139. The molecular weight excluding hydrogens is 288 g/mol. The summed E-state index contributed by atoms with van der Waals surface area (Å²) in [4.78, 5) is 24.2. The van der Waals surface area contributed by atoms with Crippen LogP contribution in [0.2, 0.25) is 0 Å². The SMILES string of the molecule is CC(C)CC(NC(=O)NCC(C)(C)c1cccs1)C(=O)O. The molecule has 1 aromatic rings. The molecule has 118 valence electrons. The van der Waals surface area contributed by atoms with Gasteiger partial charge in [-0.25, -0.2) is 9.59 Å². The summed E-state index contributed by atoms with van der Waals surface area (Å²) >= 11 is 1.64. The van der Waals surface area contributed by atoms with Crippen LogP contribution in [0.1, 0.15) is 39.0 Å². The van der Waals surface area contributed by atoms with Crippen molar-refractivity contribution in [3.05, 3.63) is 22.4 Å². The molecule has 2 amide bonds. The normalized spacial score (nSPS) is 13.0. The van der Waals surface area contributed by atoms with Gasteiger partial charge in [-0.2, -0.15) is 0 Å². The highest BCUT2D eigenvalue weighted by molar-refractivity contribution is 7.10. The molecule has 3 N–H and O–H groups in total. The van der Waals surface area contributed by atoms with Crippen LogP contribution in [0.4, 0.5) is 4.79 Å². The first-order valence-electron chi connectivity index (χ1n) is 7.03. The van der Waals surface area contributed by atoms with Gasteiger partial charge in [0, 0.05) is 16.8 Å². The molecule has 1 aromatic heterocycles. The van der Waals surface area contributed by atoms with Gasteiger partial charge < -0.3 is 15.7 Å². The Morgan fingerprint density at radius 2 is 2.05 bits per heavy atom. The number of carboxylic acid groups (broad SMARTS) is 1. The molecular formula is C15H24N2O3S. The number of thiophene rings is 1. The number of carbonyl (C=O) groups excluding carboxylic acids is 1. The van der Waals surface area contributed by atoms with Gasteiger partial charge in [0.15, 0.2) is 0 Å². The lowest BCUT2D eigenvalue weighted by Gasteiger charge is -2.24. The van der Waals surface area contributed by atoms with Gasteiger partial charge in [0.1, 0.15) is 6.04 Å². The van der Waals surface area contributed by atoms with E-state index in [2.05, 4.69) is 10.6 Å². The topological polar surface area (TPSA) is 78.4 Å². The Kier molecular flexibility index (Phi) is 6.20. The Bertz CT molecular complexity index is 469. The van der Waals surface area contributed by atoms with Crippen LogP contribution in [0.5, 0.6) is 0 Å². The molecule has 6 heteroatoms. The maximum Gasteiger partial charge on any atom is 0.326 e. The Balaban J connectivity index is 2.51. The molecule has 0 aliphatic carbocycles.